The van der Waals surface area contributed by atoms with Crippen molar-refractivity contribution in [2.45, 2.75) is 19.9 Å². The van der Waals surface area contributed by atoms with Crippen LogP contribution in [-0.4, -0.2) is 33.3 Å². The van der Waals surface area contributed by atoms with Gasteiger partial charge in [0.05, 0.1) is 11.7 Å². The van der Waals surface area contributed by atoms with Gasteiger partial charge in [-0.25, -0.2) is 0 Å². The van der Waals surface area contributed by atoms with Gasteiger partial charge in [-0.2, -0.15) is 5.10 Å². The molecular formula is C22H22N4. The van der Waals surface area contributed by atoms with E-state index in [1.54, 1.807) is 0 Å². The molecule has 0 radical (unpaired) electrons. The van der Waals surface area contributed by atoms with E-state index in [4.69, 9.17) is 0 Å². The Hall–Kier alpha value is -2.85. The lowest BCUT2D eigenvalue weighted by molar-refractivity contribution is 0.311. The Morgan fingerprint density at radius 1 is 1.08 bits per heavy atom. The van der Waals surface area contributed by atoms with Crippen molar-refractivity contribution in [1.29, 1.82) is 0 Å². The highest BCUT2D eigenvalue weighted by Gasteiger charge is 2.23. The molecule has 0 atom stereocenters. The minimum Gasteiger partial charge on any atom is -0.313 e. The smallest absolute Gasteiger partial charge is 0.0565 e. The Labute approximate surface area is 153 Å². The van der Waals surface area contributed by atoms with Crippen molar-refractivity contribution in [3.63, 3.8) is 0 Å². The molecule has 0 saturated heterocycles. The van der Waals surface area contributed by atoms with Gasteiger partial charge in [0.1, 0.15) is 0 Å². The number of rotatable bonds is 2. The molecule has 0 unspecified atom stereocenters. The molecule has 1 N–H and O–H groups in total. The lowest BCUT2D eigenvalue weighted by atomic mass is 10.0. The Morgan fingerprint density at radius 2 is 2.00 bits per heavy atom. The normalized spacial score (nSPS) is 14.7. The molecule has 0 amide bonds. The molecule has 2 aromatic heterocycles. The molecule has 0 fully saturated rings. The van der Waals surface area contributed by atoms with Gasteiger partial charge in [-0.3, -0.25) is 5.10 Å². The summed E-state index contributed by atoms with van der Waals surface area (Å²) in [5, 5.41) is 8.39. The quantitative estimate of drug-likeness (QED) is 0.589. The van der Waals surface area contributed by atoms with E-state index in [2.05, 4.69) is 76.1 Å². The number of nitrogens with zero attached hydrogens (tertiary/aromatic N) is 3. The molecule has 4 heteroatoms. The van der Waals surface area contributed by atoms with Gasteiger partial charge in [0.25, 0.3) is 0 Å². The molecule has 130 valence electrons. The van der Waals surface area contributed by atoms with E-state index in [0.717, 1.165) is 25.1 Å². The fourth-order valence-corrected chi connectivity index (χ4v) is 4.14. The van der Waals surface area contributed by atoms with Crippen LogP contribution in [0.5, 0.6) is 0 Å². The Morgan fingerprint density at radius 3 is 2.85 bits per heavy atom. The maximum atomic E-state index is 4.09. The molecule has 1 aliphatic heterocycles. The van der Waals surface area contributed by atoms with E-state index in [1.807, 2.05) is 12.4 Å². The third-order valence-electron chi connectivity index (χ3n) is 5.43. The van der Waals surface area contributed by atoms with Gasteiger partial charge in [0.2, 0.25) is 0 Å². The first-order chi connectivity index (χ1) is 12.7. The number of nitrogens with one attached hydrogen (secondary N) is 1. The molecule has 0 saturated carbocycles. The maximum absolute atomic E-state index is 4.09. The third kappa shape index (κ3) is 2.37. The average Bonchev–Trinajstić information content (AvgIpc) is 3.28. The number of likely N-dealkylation sites (N-methyl/N-ethyl adjacent to an activating group) is 1. The second kappa shape index (κ2) is 5.85. The van der Waals surface area contributed by atoms with E-state index >= 15 is 0 Å². The average molecular weight is 342 g/mol. The highest BCUT2D eigenvalue weighted by atomic mass is 15.1. The van der Waals surface area contributed by atoms with Crippen LogP contribution in [0.2, 0.25) is 0 Å². The molecule has 5 rings (SSSR count). The molecule has 26 heavy (non-hydrogen) atoms. The molecule has 0 spiro atoms. The topological polar surface area (TPSA) is 36.9 Å². The number of aromatic amines is 1. The van der Waals surface area contributed by atoms with E-state index in [1.165, 1.54) is 39.0 Å². The van der Waals surface area contributed by atoms with Crippen LogP contribution in [0, 0.1) is 6.92 Å². The van der Waals surface area contributed by atoms with E-state index in [9.17, 15) is 0 Å². The van der Waals surface area contributed by atoms with Crippen LogP contribution in [0.3, 0.4) is 0 Å². The van der Waals surface area contributed by atoms with Crippen molar-refractivity contribution in [3.8, 4) is 16.8 Å². The fourth-order valence-electron chi connectivity index (χ4n) is 4.14. The van der Waals surface area contributed by atoms with Crippen LogP contribution >= 0.6 is 0 Å². The number of fused-ring (bicyclic) bond motifs is 3. The number of hydrogen-bond acceptors (Lipinski definition) is 2. The van der Waals surface area contributed by atoms with Gasteiger partial charge in [0.15, 0.2) is 0 Å². The Balaban J connectivity index is 1.76. The van der Waals surface area contributed by atoms with E-state index < -0.39 is 0 Å². The molecule has 0 bridgehead atoms. The minimum absolute atomic E-state index is 1.02. The lowest BCUT2D eigenvalue weighted by Gasteiger charge is -2.24. The monoisotopic (exact) mass is 342 g/mol. The van der Waals surface area contributed by atoms with Gasteiger partial charge in [-0.1, -0.05) is 23.8 Å². The van der Waals surface area contributed by atoms with Crippen LogP contribution in [-0.2, 0) is 13.0 Å². The van der Waals surface area contributed by atoms with Gasteiger partial charge in [-0.15, -0.1) is 0 Å². The molecule has 0 aliphatic carbocycles. The van der Waals surface area contributed by atoms with Crippen molar-refractivity contribution >= 4 is 10.9 Å². The molecule has 4 aromatic rings. The van der Waals surface area contributed by atoms with Crippen LogP contribution in [0.15, 0.2) is 54.9 Å². The van der Waals surface area contributed by atoms with Crippen LogP contribution in [0.25, 0.3) is 27.7 Å². The second-order valence-electron chi connectivity index (χ2n) is 7.31. The van der Waals surface area contributed by atoms with Gasteiger partial charge in [0, 0.05) is 48.0 Å². The molecule has 4 nitrogen and oxygen atoms in total. The molecular weight excluding hydrogens is 320 g/mol. The first-order valence-electron chi connectivity index (χ1n) is 9.11. The lowest BCUT2D eigenvalue weighted by Crippen LogP contribution is -2.27. The van der Waals surface area contributed by atoms with Crippen molar-refractivity contribution in [1.82, 2.24) is 19.7 Å². The fraction of sp³-hybridized carbons (Fsp3) is 0.227. The summed E-state index contributed by atoms with van der Waals surface area (Å²) in [6, 6.07) is 15.6. The summed E-state index contributed by atoms with van der Waals surface area (Å²) in [6.45, 7) is 4.29. The number of hydrogen-bond donors (Lipinski definition) is 1. The van der Waals surface area contributed by atoms with Crippen molar-refractivity contribution in [3.05, 3.63) is 71.7 Å². The summed E-state index contributed by atoms with van der Waals surface area (Å²) in [5.74, 6) is 0. The second-order valence-corrected chi connectivity index (χ2v) is 7.31. The maximum Gasteiger partial charge on any atom is 0.0565 e. The first kappa shape index (κ1) is 15.4. The van der Waals surface area contributed by atoms with E-state index in [-0.39, 0.29) is 0 Å². The minimum atomic E-state index is 1.02. The summed E-state index contributed by atoms with van der Waals surface area (Å²) >= 11 is 0. The third-order valence-corrected chi connectivity index (χ3v) is 5.43. The van der Waals surface area contributed by atoms with Crippen molar-refractivity contribution in [2.75, 3.05) is 13.6 Å². The summed E-state index contributed by atoms with van der Waals surface area (Å²) in [7, 11) is 2.21. The SMILES string of the molecule is Cc1ccc2c(c1)c1c(n2-c2cccc(-c3cn[nH]c3)c2)CCN(C)C1. The van der Waals surface area contributed by atoms with Crippen LogP contribution in [0.4, 0.5) is 0 Å². The zero-order chi connectivity index (χ0) is 17.7. The highest BCUT2D eigenvalue weighted by molar-refractivity contribution is 5.88. The number of aryl methyl sites for hydroxylation is 1. The molecule has 1 aliphatic rings. The van der Waals surface area contributed by atoms with Gasteiger partial charge < -0.3 is 9.47 Å². The van der Waals surface area contributed by atoms with Crippen LogP contribution < -0.4 is 0 Å². The van der Waals surface area contributed by atoms with Crippen LogP contribution in [0.1, 0.15) is 16.8 Å². The van der Waals surface area contributed by atoms with Gasteiger partial charge in [-0.05, 0) is 49.4 Å². The number of benzene rings is 2. The molecule has 2 aromatic carbocycles. The van der Waals surface area contributed by atoms with Crippen molar-refractivity contribution < 1.29 is 0 Å². The Kier molecular flexibility index (Phi) is 3.47. The first-order valence-corrected chi connectivity index (χ1v) is 9.11. The van der Waals surface area contributed by atoms with Gasteiger partial charge >= 0.3 is 0 Å². The summed E-state index contributed by atoms with van der Waals surface area (Å²) in [5.41, 5.74) is 9.08. The molecule has 3 heterocycles. The largest absolute Gasteiger partial charge is 0.313 e. The summed E-state index contributed by atoms with van der Waals surface area (Å²) in [6.07, 6.45) is 4.90. The standard InChI is InChI=1S/C22H22N4/c1-15-6-7-21-19(10-15)20-14-25(2)9-8-22(20)26(21)18-5-3-4-16(11-18)17-12-23-24-13-17/h3-7,10-13H,8-9,14H2,1-2H3,(H,23,24). The summed E-state index contributed by atoms with van der Waals surface area (Å²) < 4.78 is 2.46. The predicted octanol–water partition coefficient (Wildman–Crippen LogP) is 4.32. The highest BCUT2D eigenvalue weighted by Crippen LogP contribution is 2.34. The predicted molar refractivity (Wildman–Crippen MR) is 106 cm³/mol. The number of H-pyrrole nitrogens is 1. The van der Waals surface area contributed by atoms with Crippen molar-refractivity contribution in [2.24, 2.45) is 0 Å². The van der Waals surface area contributed by atoms with E-state index in [0.29, 0.717) is 0 Å². The zero-order valence-corrected chi connectivity index (χ0v) is 15.2. The summed E-state index contributed by atoms with van der Waals surface area (Å²) in [4.78, 5) is 2.41. The Bertz CT molecular complexity index is 1090. The number of aromatic nitrogens is 3. The zero-order valence-electron chi connectivity index (χ0n) is 15.2.